The number of benzene rings is 1. The van der Waals surface area contributed by atoms with Crippen LogP contribution in [-0.4, -0.2) is 62.4 Å². The van der Waals surface area contributed by atoms with Gasteiger partial charge in [0.2, 0.25) is 0 Å². The zero-order chi connectivity index (χ0) is 33.5. The van der Waals surface area contributed by atoms with Crippen LogP contribution in [0.4, 0.5) is 4.39 Å². The Balaban J connectivity index is 2.11. The van der Waals surface area contributed by atoms with Gasteiger partial charge in [-0.15, -0.1) is 0 Å². The number of carbonyl (C=O) groups excluding carboxylic acids is 1. The average molecular weight is 620 g/mol. The molecule has 8 heteroatoms. The number of hydrogen-bond acceptors (Lipinski definition) is 6. The van der Waals surface area contributed by atoms with E-state index in [1.54, 1.807) is 14.2 Å². The zero-order valence-corrected chi connectivity index (χ0v) is 28.5. The van der Waals surface area contributed by atoms with E-state index in [9.17, 15) is 4.79 Å². The lowest BCUT2D eigenvalue weighted by atomic mass is 9.91. The van der Waals surface area contributed by atoms with Crippen molar-refractivity contribution in [2.75, 3.05) is 34.3 Å². The smallest absolute Gasteiger partial charge is 0.191 e. The minimum absolute atomic E-state index is 0.0205. The Kier molecular flexibility index (Phi) is 15.8. The van der Waals surface area contributed by atoms with Crippen molar-refractivity contribution in [1.82, 2.24) is 4.90 Å². The number of rotatable bonds is 17. The number of aliphatic imine (C=N–C) groups is 3. The fourth-order valence-electron chi connectivity index (χ4n) is 5.28. The maximum Gasteiger partial charge on any atom is 0.191 e. The molecular weight excluding hydrogens is 565 g/mol. The molecule has 0 spiro atoms. The molecule has 7 nitrogen and oxygen atoms in total. The second kappa shape index (κ2) is 19.0. The van der Waals surface area contributed by atoms with Gasteiger partial charge in [-0.3, -0.25) is 9.79 Å². The highest BCUT2D eigenvalue weighted by Gasteiger charge is 2.25. The van der Waals surface area contributed by atoms with Crippen LogP contribution in [0, 0.1) is 17.8 Å². The Morgan fingerprint density at radius 2 is 1.84 bits per heavy atom. The molecule has 0 amide bonds. The lowest BCUT2D eigenvalue weighted by Gasteiger charge is -2.29. The summed E-state index contributed by atoms with van der Waals surface area (Å²) in [5.74, 6) is 1.01. The van der Waals surface area contributed by atoms with Crippen LogP contribution < -0.4 is 5.73 Å². The van der Waals surface area contributed by atoms with Crippen LogP contribution in [-0.2, 0) is 16.0 Å². The molecule has 0 saturated heterocycles. The van der Waals surface area contributed by atoms with E-state index in [1.807, 2.05) is 18.0 Å². The summed E-state index contributed by atoms with van der Waals surface area (Å²) in [5, 5.41) is 0. The summed E-state index contributed by atoms with van der Waals surface area (Å²) in [6, 6.07) is 8.36. The Morgan fingerprint density at radius 1 is 1.16 bits per heavy atom. The van der Waals surface area contributed by atoms with E-state index >= 15 is 4.39 Å². The molecular formula is C37H54FN5O2. The third-order valence-corrected chi connectivity index (χ3v) is 8.23. The van der Waals surface area contributed by atoms with Crippen LogP contribution in [0.1, 0.15) is 77.3 Å². The van der Waals surface area contributed by atoms with Crippen LogP contribution in [0.5, 0.6) is 0 Å². The van der Waals surface area contributed by atoms with Gasteiger partial charge in [0, 0.05) is 50.0 Å². The van der Waals surface area contributed by atoms with Gasteiger partial charge in [0.25, 0.3) is 0 Å². The second-order valence-electron chi connectivity index (χ2n) is 11.9. The van der Waals surface area contributed by atoms with Gasteiger partial charge < -0.3 is 15.4 Å². The van der Waals surface area contributed by atoms with E-state index in [4.69, 9.17) is 20.5 Å². The number of hydrogen-bond donors (Lipinski definition) is 1. The number of nitrogens with zero attached hydrogens (tertiary/aromatic N) is 4. The molecule has 0 radical (unpaired) electrons. The normalized spacial score (nSPS) is 16.7. The molecule has 0 bridgehead atoms. The first-order valence-corrected chi connectivity index (χ1v) is 16.1. The maximum absolute atomic E-state index is 15.3. The molecule has 0 aliphatic heterocycles. The Labute approximate surface area is 270 Å². The van der Waals surface area contributed by atoms with E-state index in [1.165, 1.54) is 6.08 Å². The number of ether oxygens (including phenoxy) is 1. The van der Waals surface area contributed by atoms with Crippen molar-refractivity contribution in [3.05, 3.63) is 83.5 Å². The fourth-order valence-corrected chi connectivity index (χ4v) is 5.28. The molecule has 1 aromatic rings. The van der Waals surface area contributed by atoms with Gasteiger partial charge >= 0.3 is 0 Å². The van der Waals surface area contributed by atoms with Crippen LogP contribution in [0.2, 0.25) is 0 Å². The summed E-state index contributed by atoms with van der Waals surface area (Å²) < 4.78 is 21.0. The van der Waals surface area contributed by atoms with Gasteiger partial charge in [-0.25, -0.2) is 14.4 Å². The number of ketones is 1. The summed E-state index contributed by atoms with van der Waals surface area (Å²) in [7, 11) is 5.27. The van der Waals surface area contributed by atoms with E-state index < -0.39 is 5.92 Å². The molecule has 2 N–H and O–H groups in total. The molecule has 0 aromatic heterocycles. The predicted octanol–water partition coefficient (Wildman–Crippen LogP) is 7.64. The maximum atomic E-state index is 15.3. The monoisotopic (exact) mass is 619 g/mol. The predicted molar refractivity (Wildman–Crippen MR) is 188 cm³/mol. The molecule has 45 heavy (non-hydrogen) atoms. The topological polar surface area (TPSA) is 92.6 Å². The number of allylic oxidation sites excluding steroid dienone is 3. The SMILES string of the molecule is C=C(N=C(OC)C(CC)Cc1ccc(C(=NC)N=C(CCC)C(C)C)cc1)C1=CCC(C(=C)N(C)CCCC(=O)CN)C(F)=C1. The molecule has 246 valence electrons. The third kappa shape index (κ3) is 11.3. The first kappa shape index (κ1) is 37.5. The molecule has 1 aliphatic rings. The minimum Gasteiger partial charge on any atom is -0.484 e. The highest BCUT2D eigenvalue weighted by molar-refractivity contribution is 6.07. The van der Waals surface area contributed by atoms with Crippen LogP contribution in [0.25, 0.3) is 0 Å². The Hall–Kier alpha value is -3.65. The number of halogens is 1. The summed E-state index contributed by atoms with van der Waals surface area (Å²) in [6.45, 7) is 17.5. The molecule has 1 aliphatic carbocycles. The second-order valence-corrected chi connectivity index (χ2v) is 11.9. The standard InChI is InChI=1S/C37H54FN5O2/c1-10-13-35(25(3)4)42-36(40-7)30-17-15-28(16-18-30)22-29(11-2)37(45-9)41-26(5)31-19-20-33(34(38)23-31)27(6)43(8)21-12-14-32(44)24-39/h15-19,23,25,29,33H,5-6,10-14,20-22,24,39H2,1-4,7-9H3. The highest BCUT2D eigenvalue weighted by atomic mass is 19.1. The fraction of sp³-hybridized carbons (Fsp3) is 0.514. The lowest BCUT2D eigenvalue weighted by Crippen LogP contribution is -2.26. The van der Waals surface area contributed by atoms with E-state index in [2.05, 4.69) is 70.1 Å². The van der Waals surface area contributed by atoms with Crippen molar-refractivity contribution >= 4 is 23.2 Å². The van der Waals surface area contributed by atoms with E-state index in [0.717, 1.165) is 48.4 Å². The first-order valence-electron chi connectivity index (χ1n) is 16.1. The molecule has 0 heterocycles. The van der Waals surface area contributed by atoms with E-state index in [0.29, 0.717) is 54.6 Å². The summed E-state index contributed by atoms with van der Waals surface area (Å²) in [5.41, 5.74) is 10.5. The molecule has 2 atom stereocenters. The number of amidine groups is 1. The molecule has 1 aromatic carbocycles. The quantitative estimate of drug-likeness (QED) is 0.143. The van der Waals surface area contributed by atoms with Gasteiger partial charge in [0.15, 0.2) is 11.7 Å². The number of methoxy groups -OCH3 is 1. The van der Waals surface area contributed by atoms with Gasteiger partial charge in [-0.05, 0) is 55.2 Å². The van der Waals surface area contributed by atoms with Gasteiger partial charge in [-0.2, -0.15) is 0 Å². The molecule has 2 rings (SSSR count). The average Bonchev–Trinajstić information content (AvgIpc) is 3.04. The minimum atomic E-state index is -0.457. The molecule has 2 unspecified atom stereocenters. The van der Waals surface area contributed by atoms with Gasteiger partial charge in [0.1, 0.15) is 11.6 Å². The lowest BCUT2D eigenvalue weighted by molar-refractivity contribution is -0.117. The van der Waals surface area contributed by atoms with Crippen LogP contribution >= 0.6 is 0 Å². The van der Waals surface area contributed by atoms with Crippen LogP contribution in [0.15, 0.2) is 87.3 Å². The van der Waals surface area contributed by atoms with Crippen molar-refractivity contribution < 1.29 is 13.9 Å². The molecule has 0 saturated carbocycles. The van der Waals surface area contributed by atoms with Crippen molar-refractivity contribution in [2.45, 2.75) is 72.6 Å². The first-order chi connectivity index (χ1) is 21.5. The van der Waals surface area contributed by atoms with Crippen molar-refractivity contribution in [2.24, 2.45) is 38.5 Å². The summed E-state index contributed by atoms with van der Waals surface area (Å²) in [4.78, 5) is 27.5. The Bertz CT molecular complexity index is 1320. The highest BCUT2D eigenvalue weighted by Crippen LogP contribution is 2.34. The van der Waals surface area contributed by atoms with Crippen molar-refractivity contribution in [3.8, 4) is 0 Å². The van der Waals surface area contributed by atoms with Crippen molar-refractivity contribution in [1.29, 1.82) is 0 Å². The number of Topliss-reactive ketones (excluding diaryl/α,β-unsaturated/α-hetero) is 1. The van der Waals surface area contributed by atoms with Crippen LogP contribution in [0.3, 0.4) is 0 Å². The summed E-state index contributed by atoms with van der Waals surface area (Å²) >= 11 is 0. The number of nitrogens with two attached hydrogens (primary N) is 1. The van der Waals surface area contributed by atoms with Gasteiger partial charge in [-0.1, -0.05) is 77.6 Å². The van der Waals surface area contributed by atoms with Crippen molar-refractivity contribution in [3.63, 3.8) is 0 Å². The zero-order valence-electron chi connectivity index (χ0n) is 28.5. The number of carbonyl (C=O) groups is 1. The Morgan fingerprint density at radius 3 is 2.38 bits per heavy atom. The van der Waals surface area contributed by atoms with E-state index in [-0.39, 0.29) is 24.1 Å². The summed E-state index contributed by atoms with van der Waals surface area (Å²) in [6.07, 6.45) is 8.52. The molecule has 0 fully saturated rings. The van der Waals surface area contributed by atoms with Gasteiger partial charge in [0.05, 0.1) is 25.3 Å². The largest absolute Gasteiger partial charge is 0.484 e. The third-order valence-electron chi connectivity index (χ3n) is 8.23.